The van der Waals surface area contributed by atoms with Crippen LogP contribution >= 0.6 is 0 Å². The first-order chi connectivity index (χ1) is 16.1. The van der Waals surface area contributed by atoms with Gasteiger partial charge in [0.15, 0.2) is 0 Å². The molecule has 0 N–H and O–H groups in total. The zero-order valence-electron chi connectivity index (χ0n) is 18.8. The fourth-order valence-electron chi connectivity index (χ4n) is 5.39. The summed E-state index contributed by atoms with van der Waals surface area (Å²) < 4.78 is 2.02. The van der Waals surface area contributed by atoms with E-state index in [4.69, 9.17) is 0 Å². The van der Waals surface area contributed by atoms with Gasteiger partial charge in [0.1, 0.15) is 0 Å². The molecule has 2 aliphatic heterocycles. The van der Waals surface area contributed by atoms with Gasteiger partial charge in [-0.15, -0.1) is 0 Å². The normalized spacial score (nSPS) is 19.9. The largest absolute Gasteiger partial charge is 0.340 e. The highest BCUT2D eigenvalue weighted by Gasteiger charge is 2.43. The summed E-state index contributed by atoms with van der Waals surface area (Å²) in [5.74, 6) is 1.78. The van der Waals surface area contributed by atoms with Crippen LogP contribution in [0.1, 0.15) is 21.7 Å². The number of fused-ring (bicyclic) bond motifs is 2. The molecule has 2 aliphatic rings. The lowest BCUT2D eigenvalue weighted by Gasteiger charge is -2.22. The van der Waals surface area contributed by atoms with E-state index >= 15 is 0 Å². The van der Waals surface area contributed by atoms with Crippen LogP contribution in [-0.4, -0.2) is 56.3 Å². The van der Waals surface area contributed by atoms with Crippen LogP contribution < -0.4 is 4.90 Å². The number of rotatable bonds is 3. The van der Waals surface area contributed by atoms with Crippen LogP contribution in [0.15, 0.2) is 61.1 Å². The Kier molecular flexibility index (Phi) is 4.64. The zero-order valence-corrected chi connectivity index (χ0v) is 18.8. The lowest BCUT2D eigenvalue weighted by Crippen LogP contribution is -2.34. The molecule has 7 heteroatoms. The van der Waals surface area contributed by atoms with E-state index in [1.165, 1.54) is 0 Å². The number of carbonyl (C=O) groups is 1. The minimum atomic E-state index is 0.0907. The van der Waals surface area contributed by atoms with Crippen molar-refractivity contribution in [3.63, 3.8) is 0 Å². The third-order valence-electron chi connectivity index (χ3n) is 6.87. The summed E-state index contributed by atoms with van der Waals surface area (Å²) in [6.07, 6.45) is 5.77. The molecule has 2 atom stereocenters. The topological polar surface area (TPSA) is 66.6 Å². The number of hydrogen-bond donors (Lipinski definition) is 0. The molecule has 2 saturated heterocycles. The summed E-state index contributed by atoms with van der Waals surface area (Å²) >= 11 is 0. The summed E-state index contributed by atoms with van der Waals surface area (Å²) in [5, 5.41) is 0. The van der Waals surface area contributed by atoms with E-state index in [1.807, 2.05) is 78.0 Å². The maximum absolute atomic E-state index is 13.8. The molecule has 0 bridgehead atoms. The number of pyridine rings is 2. The molecule has 1 amide bonds. The Morgan fingerprint density at radius 2 is 1.67 bits per heavy atom. The number of hydrogen-bond acceptors (Lipinski definition) is 5. The fraction of sp³-hybridized carbons (Fsp3) is 0.308. The minimum Gasteiger partial charge on any atom is -0.340 e. The SMILES string of the molecule is Cc1cc(C)nc(N2C[C@H]3CN(C(=O)c4c(-c5ccccn5)cn5ccccc45)C[C@H]3C2)n1. The van der Waals surface area contributed by atoms with E-state index in [0.717, 1.165) is 65.9 Å². The number of aromatic nitrogens is 4. The van der Waals surface area contributed by atoms with Gasteiger partial charge in [-0.3, -0.25) is 9.78 Å². The van der Waals surface area contributed by atoms with E-state index in [0.29, 0.717) is 11.8 Å². The van der Waals surface area contributed by atoms with Gasteiger partial charge in [-0.1, -0.05) is 12.1 Å². The number of likely N-dealkylation sites (tertiary alicyclic amines) is 1. The van der Waals surface area contributed by atoms with E-state index < -0.39 is 0 Å². The Labute approximate surface area is 192 Å². The standard InChI is InChI=1S/C26H26N6O/c1-17-11-18(2)29-26(28-17)32-14-19-12-31(13-20(19)15-32)25(33)24-21(22-7-3-5-9-27-22)16-30-10-6-4-8-23(24)30/h3-11,16,19-20H,12-15H2,1-2H3/t19-,20+. The van der Waals surface area contributed by atoms with E-state index in [1.54, 1.807) is 6.20 Å². The van der Waals surface area contributed by atoms with Gasteiger partial charge >= 0.3 is 0 Å². The summed E-state index contributed by atoms with van der Waals surface area (Å²) in [4.78, 5) is 32.0. The molecule has 0 radical (unpaired) electrons. The number of amides is 1. The maximum Gasteiger partial charge on any atom is 0.256 e. The molecule has 33 heavy (non-hydrogen) atoms. The minimum absolute atomic E-state index is 0.0907. The van der Waals surface area contributed by atoms with Crippen molar-refractivity contribution >= 4 is 17.4 Å². The van der Waals surface area contributed by atoms with Crippen LogP contribution in [0.25, 0.3) is 16.8 Å². The molecule has 0 unspecified atom stereocenters. The fourth-order valence-corrected chi connectivity index (χ4v) is 5.39. The third kappa shape index (κ3) is 3.44. The van der Waals surface area contributed by atoms with Gasteiger partial charge in [-0.05, 0) is 44.2 Å². The first kappa shape index (κ1) is 19.9. The Hall–Kier alpha value is -3.74. The molecule has 4 aromatic heterocycles. The van der Waals surface area contributed by atoms with Gasteiger partial charge in [0.2, 0.25) is 5.95 Å². The lowest BCUT2D eigenvalue weighted by molar-refractivity contribution is 0.0785. The van der Waals surface area contributed by atoms with Crippen molar-refractivity contribution in [3.8, 4) is 11.3 Å². The molecular weight excluding hydrogens is 412 g/mol. The molecule has 6 rings (SSSR count). The van der Waals surface area contributed by atoms with Crippen LogP contribution in [0.2, 0.25) is 0 Å². The van der Waals surface area contributed by atoms with Gasteiger partial charge in [-0.25, -0.2) is 9.97 Å². The second-order valence-electron chi connectivity index (χ2n) is 9.21. The molecular formula is C26H26N6O. The van der Waals surface area contributed by atoms with Crippen LogP contribution in [0.4, 0.5) is 5.95 Å². The van der Waals surface area contributed by atoms with Gasteiger partial charge in [0.25, 0.3) is 5.91 Å². The average molecular weight is 439 g/mol. The second kappa shape index (κ2) is 7.69. The highest BCUT2D eigenvalue weighted by atomic mass is 16.2. The Morgan fingerprint density at radius 3 is 2.36 bits per heavy atom. The molecule has 2 fully saturated rings. The van der Waals surface area contributed by atoms with Crippen molar-refractivity contribution in [2.45, 2.75) is 13.8 Å². The van der Waals surface area contributed by atoms with Crippen LogP contribution in [0, 0.1) is 25.7 Å². The number of aryl methyl sites for hydroxylation is 2. The number of nitrogens with zero attached hydrogens (tertiary/aromatic N) is 6. The average Bonchev–Trinajstić information content (AvgIpc) is 3.50. The summed E-state index contributed by atoms with van der Waals surface area (Å²) in [5.41, 5.74) is 5.36. The van der Waals surface area contributed by atoms with E-state index in [9.17, 15) is 4.79 Å². The van der Waals surface area contributed by atoms with Crippen LogP contribution in [0.3, 0.4) is 0 Å². The molecule has 0 saturated carbocycles. The molecule has 166 valence electrons. The summed E-state index contributed by atoms with van der Waals surface area (Å²) in [6.45, 7) is 7.32. The number of carbonyl (C=O) groups excluding carboxylic acids is 1. The number of anilines is 1. The summed E-state index contributed by atoms with van der Waals surface area (Å²) in [7, 11) is 0. The van der Waals surface area contributed by atoms with Gasteiger partial charge < -0.3 is 14.2 Å². The summed E-state index contributed by atoms with van der Waals surface area (Å²) in [6, 6.07) is 13.8. The molecule has 4 aromatic rings. The lowest BCUT2D eigenvalue weighted by atomic mass is 10.0. The Balaban J connectivity index is 1.27. The van der Waals surface area contributed by atoms with Crippen LogP contribution in [-0.2, 0) is 0 Å². The Morgan fingerprint density at radius 1 is 0.939 bits per heavy atom. The maximum atomic E-state index is 13.8. The van der Waals surface area contributed by atoms with Crippen molar-refractivity contribution in [2.75, 3.05) is 31.1 Å². The molecule has 6 heterocycles. The van der Waals surface area contributed by atoms with Gasteiger partial charge in [0, 0.05) is 73.6 Å². The van der Waals surface area contributed by atoms with E-state index in [-0.39, 0.29) is 5.91 Å². The zero-order chi connectivity index (χ0) is 22.5. The predicted octanol–water partition coefficient (Wildman–Crippen LogP) is 3.62. The quantitative estimate of drug-likeness (QED) is 0.489. The second-order valence-corrected chi connectivity index (χ2v) is 9.21. The first-order valence-electron chi connectivity index (χ1n) is 11.4. The van der Waals surface area contributed by atoms with Gasteiger partial charge in [0.05, 0.1) is 16.8 Å². The van der Waals surface area contributed by atoms with Crippen molar-refractivity contribution in [2.24, 2.45) is 11.8 Å². The predicted molar refractivity (Wildman–Crippen MR) is 127 cm³/mol. The van der Waals surface area contributed by atoms with E-state index in [2.05, 4.69) is 19.9 Å². The van der Waals surface area contributed by atoms with Crippen molar-refractivity contribution in [1.29, 1.82) is 0 Å². The third-order valence-corrected chi connectivity index (χ3v) is 6.87. The van der Waals surface area contributed by atoms with Crippen molar-refractivity contribution in [1.82, 2.24) is 24.3 Å². The molecule has 0 aromatic carbocycles. The van der Waals surface area contributed by atoms with Gasteiger partial charge in [-0.2, -0.15) is 0 Å². The monoisotopic (exact) mass is 438 g/mol. The highest BCUT2D eigenvalue weighted by molar-refractivity contribution is 6.07. The first-order valence-corrected chi connectivity index (χ1v) is 11.4. The van der Waals surface area contributed by atoms with Crippen molar-refractivity contribution in [3.05, 3.63) is 78.0 Å². The smallest absolute Gasteiger partial charge is 0.256 e. The Bertz CT molecular complexity index is 1310. The van der Waals surface area contributed by atoms with Crippen molar-refractivity contribution < 1.29 is 4.79 Å². The van der Waals surface area contributed by atoms with Crippen LogP contribution in [0.5, 0.6) is 0 Å². The molecule has 0 aliphatic carbocycles. The molecule has 7 nitrogen and oxygen atoms in total. The molecule has 0 spiro atoms. The highest BCUT2D eigenvalue weighted by Crippen LogP contribution is 2.36.